The van der Waals surface area contributed by atoms with Crippen LogP contribution in [0, 0.1) is 5.41 Å². The van der Waals surface area contributed by atoms with Gasteiger partial charge >= 0.3 is 0 Å². The van der Waals surface area contributed by atoms with Crippen molar-refractivity contribution in [2.45, 2.75) is 39.5 Å². The number of carbonyl (C=O) groups is 1. The fourth-order valence-electron chi connectivity index (χ4n) is 3.01. The molecule has 2 heterocycles. The highest BCUT2D eigenvalue weighted by Gasteiger charge is 2.33. The van der Waals surface area contributed by atoms with E-state index < -0.39 is 0 Å². The molecule has 0 atom stereocenters. The van der Waals surface area contributed by atoms with Crippen molar-refractivity contribution in [2.75, 3.05) is 25.5 Å². The second kappa shape index (κ2) is 6.25. The number of carbonyl (C=O) groups excluding carboxylic acids is 1. The number of amides is 1. The van der Waals surface area contributed by atoms with Crippen LogP contribution in [0.25, 0.3) is 0 Å². The number of piperidine rings is 1. The van der Waals surface area contributed by atoms with E-state index in [0.29, 0.717) is 11.1 Å². The van der Waals surface area contributed by atoms with Crippen LogP contribution in [0.1, 0.15) is 50.0 Å². The van der Waals surface area contributed by atoms with Crippen LogP contribution >= 0.6 is 0 Å². The monoisotopic (exact) mass is 275 g/mol. The smallest absolute Gasteiger partial charge is 0.272 e. The standard InChI is InChI=1S/C16H25N3O/c1-4-16(5-2)7-10-19(11-8-16)15(20)14-12-13(17-3)6-9-18-14/h6,9,12H,4-5,7-8,10-11H2,1-3H3,(H,17,18). The van der Waals surface area contributed by atoms with Gasteiger partial charge in [0.2, 0.25) is 0 Å². The first-order valence-corrected chi connectivity index (χ1v) is 7.57. The van der Waals surface area contributed by atoms with Crippen LogP contribution in [0.3, 0.4) is 0 Å². The number of nitrogens with one attached hydrogen (secondary N) is 1. The second-order valence-corrected chi connectivity index (χ2v) is 5.68. The number of rotatable bonds is 4. The van der Waals surface area contributed by atoms with Gasteiger partial charge in [0, 0.05) is 32.0 Å². The number of likely N-dealkylation sites (tertiary alicyclic amines) is 1. The van der Waals surface area contributed by atoms with Gasteiger partial charge in [0.1, 0.15) is 5.69 Å². The molecule has 0 bridgehead atoms. The summed E-state index contributed by atoms with van der Waals surface area (Å²) in [4.78, 5) is 18.6. The molecule has 1 fully saturated rings. The van der Waals surface area contributed by atoms with Crippen LogP contribution in [-0.2, 0) is 0 Å². The van der Waals surface area contributed by atoms with Gasteiger partial charge in [0.05, 0.1) is 0 Å². The third-order valence-corrected chi connectivity index (χ3v) is 4.88. The summed E-state index contributed by atoms with van der Waals surface area (Å²) in [6.07, 6.45) is 6.32. The molecule has 4 heteroatoms. The third-order valence-electron chi connectivity index (χ3n) is 4.88. The molecule has 0 aliphatic carbocycles. The number of hydrogen-bond donors (Lipinski definition) is 1. The molecule has 1 aromatic heterocycles. The molecule has 1 N–H and O–H groups in total. The average Bonchev–Trinajstić information content (AvgIpc) is 2.54. The van der Waals surface area contributed by atoms with Gasteiger partial charge in [-0.1, -0.05) is 26.7 Å². The minimum absolute atomic E-state index is 0.0582. The van der Waals surface area contributed by atoms with Crippen LogP contribution in [0.15, 0.2) is 18.3 Å². The molecule has 0 unspecified atom stereocenters. The normalized spacial score (nSPS) is 17.9. The maximum absolute atomic E-state index is 12.5. The largest absolute Gasteiger partial charge is 0.388 e. The highest BCUT2D eigenvalue weighted by Crippen LogP contribution is 2.38. The number of hydrogen-bond acceptors (Lipinski definition) is 3. The van der Waals surface area contributed by atoms with Crippen molar-refractivity contribution in [1.82, 2.24) is 9.88 Å². The molecule has 0 radical (unpaired) electrons. The van der Waals surface area contributed by atoms with Gasteiger partial charge < -0.3 is 10.2 Å². The van der Waals surface area contributed by atoms with Crippen LogP contribution in [0.2, 0.25) is 0 Å². The van der Waals surface area contributed by atoms with Gasteiger partial charge in [-0.05, 0) is 30.4 Å². The number of anilines is 1. The number of nitrogens with zero attached hydrogens (tertiary/aromatic N) is 2. The molecule has 110 valence electrons. The second-order valence-electron chi connectivity index (χ2n) is 5.68. The van der Waals surface area contributed by atoms with Gasteiger partial charge in [-0.2, -0.15) is 0 Å². The Labute approximate surface area is 121 Å². The molecule has 0 saturated carbocycles. The Bertz CT molecular complexity index is 459. The zero-order valence-corrected chi connectivity index (χ0v) is 12.8. The van der Waals surface area contributed by atoms with E-state index in [-0.39, 0.29) is 5.91 Å². The lowest BCUT2D eigenvalue weighted by Gasteiger charge is -2.40. The predicted octanol–water partition coefficient (Wildman–Crippen LogP) is 3.17. The van der Waals surface area contributed by atoms with E-state index in [1.165, 1.54) is 12.8 Å². The van der Waals surface area contributed by atoms with Crippen molar-refractivity contribution in [2.24, 2.45) is 5.41 Å². The highest BCUT2D eigenvalue weighted by atomic mass is 16.2. The number of pyridine rings is 1. The lowest BCUT2D eigenvalue weighted by molar-refractivity contribution is 0.0552. The van der Waals surface area contributed by atoms with Crippen molar-refractivity contribution in [3.05, 3.63) is 24.0 Å². The van der Waals surface area contributed by atoms with Crippen molar-refractivity contribution >= 4 is 11.6 Å². The van der Waals surface area contributed by atoms with Crippen LogP contribution in [-0.4, -0.2) is 35.9 Å². The molecule has 4 nitrogen and oxygen atoms in total. The lowest BCUT2D eigenvalue weighted by atomic mass is 9.74. The van der Waals surface area contributed by atoms with E-state index in [1.54, 1.807) is 6.20 Å². The van der Waals surface area contributed by atoms with Gasteiger partial charge in [-0.25, -0.2) is 0 Å². The Balaban J connectivity index is 2.04. The van der Waals surface area contributed by atoms with E-state index in [9.17, 15) is 4.79 Å². The maximum atomic E-state index is 12.5. The molecule has 1 aliphatic rings. The van der Waals surface area contributed by atoms with Gasteiger partial charge in [-0.3, -0.25) is 9.78 Å². The average molecular weight is 275 g/mol. The molecule has 1 saturated heterocycles. The molecule has 0 aromatic carbocycles. The zero-order valence-electron chi connectivity index (χ0n) is 12.8. The summed E-state index contributed by atoms with van der Waals surface area (Å²) in [6, 6.07) is 3.69. The molecule has 2 rings (SSSR count). The first-order valence-electron chi connectivity index (χ1n) is 7.57. The summed E-state index contributed by atoms with van der Waals surface area (Å²) in [5.74, 6) is 0.0582. The Morgan fingerprint density at radius 1 is 1.35 bits per heavy atom. The molecule has 20 heavy (non-hydrogen) atoms. The van der Waals surface area contributed by atoms with Crippen molar-refractivity contribution in [3.63, 3.8) is 0 Å². The van der Waals surface area contributed by atoms with Crippen molar-refractivity contribution in [3.8, 4) is 0 Å². The SMILES string of the molecule is CCC1(CC)CCN(C(=O)c2cc(NC)ccn2)CC1. The molecule has 0 spiro atoms. The summed E-state index contributed by atoms with van der Waals surface area (Å²) in [5.41, 5.74) is 1.91. The maximum Gasteiger partial charge on any atom is 0.272 e. The summed E-state index contributed by atoms with van der Waals surface area (Å²) in [5, 5.41) is 3.05. The fourth-order valence-corrected chi connectivity index (χ4v) is 3.01. The molecule has 1 amide bonds. The van der Waals surface area contributed by atoms with E-state index in [0.717, 1.165) is 31.6 Å². The minimum atomic E-state index is 0.0582. The zero-order chi connectivity index (χ0) is 14.6. The molecule has 1 aromatic rings. The first kappa shape index (κ1) is 14.8. The summed E-state index contributed by atoms with van der Waals surface area (Å²) in [7, 11) is 1.85. The van der Waals surface area contributed by atoms with Gasteiger partial charge in [-0.15, -0.1) is 0 Å². The fraction of sp³-hybridized carbons (Fsp3) is 0.625. The Kier molecular flexibility index (Phi) is 4.63. The van der Waals surface area contributed by atoms with E-state index in [2.05, 4.69) is 24.1 Å². The summed E-state index contributed by atoms with van der Waals surface area (Å²) >= 11 is 0. The predicted molar refractivity (Wildman–Crippen MR) is 81.9 cm³/mol. The van der Waals surface area contributed by atoms with Crippen molar-refractivity contribution in [1.29, 1.82) is 0 Å². The van der Waals surface area contributed by atoms with E-state index in [1.807, 2.05) is 24.1 Å². The van der Waals surface area contributed by atoms with Gasteiger partial charge in [0.15, 0.2) is 0 Å². The first-order chi connectivity index (χ1) is 9.64. The number of aromatic nitrogens is 1. The van der Waals surface area contributed by atoms with E-state index >= 15 is 0 Å². The molecular weight excluding hydrogens is 250 g/mol. The summed E-state index contributed by atoms with van der Waals surface area (Å²) < 4.78 is 0. The highest BCUT2D eigenvalue weighted by molar-refractivity contribution is 5.93. The Morgan fingerprint density at radius 2 is 2.00 bits per heavy atom. The molecular formula is C16H25N3O. The van der Waals surface area contributed by atoms with E-state index in [4.69, 9.17) is 0 Å². The molecule has 1 aliphatic heterocycles. The lowest BCUT2D eigenvalue weighted by Crippen LogP contribution is -2.43. The van der Waals surface area contributed by atoms with Crippen LogP contribution in [0.4, 0.5) is 5.69 Å². The summed E-state index contributed by atoms with van der Waals surface area (Å²) in [6.45, 7) is 6.23. The third kappa shape index (κ3) is 2.94. The Hall–Kier alpha value is -1.58. The Morgan fingerprint density at radius 3 is 2.55 bits per heavy atom. The quantitative estimate of drug-likeness (QED) is 0.918. The topological polar surface area (TPSA) is 45.2 Å². The van der Waals surface area contributed by atoms with Gasteiger partial charge in [0.25, 0.3) is 5.91 Å². The van der Waals surface area contributed by atoms with Crippen molar-refractivity contribution < 1.29 is 4.79 Å². The van der Waals surface area contributed by atoms with Crippen LogP contribution in [0.5, 0.6) is 0 Å². The minimum Gasteiger partial charge on any atom is -0.388 e. The van der Waals surface area contributed by atoms with Crippen LogP contribution < -0.4 is 5.32 Å².